The van der Waals surface area contributed by atoms with E-state index in [1.54, 1.807) is 25.2 Å². The van der Waals surface area contributed by atoms with Crippen molar-refractivity contribution in [3.05, 3.63) is 28.8 Å². The normalized spacial score (nSPS) is 10.6. The van der Waals surface area contributed by atoms with Gasteiger partial charge in [-0.15, -0.1) is 0 Å². The second-order valence-corrected chi connectivity index (χ2v) is 4.80. The molecule has 2 N–H and O–H groups in total. The summed E-state index contributed by atoms with van der Waals surface area (Å²) in [6.45, 7) is 5.91. The summed E-state index contributed by atoms with van der Waals surface area (Å²) in [4.78, 5) is 14.3. The van der Waals surface area contributed by atoms with Crippen LogP contribution in [-0.4, -0.2) is 51.3 Å². The Balaban J connectivity index is 2.95. The van der Waals surface area contributed by atoms with Gasteiger partial charge in [-0.05, 0) is 31.0 Å². The Kier molecular flexibility index (Phi) is 6.48. The maximum absolute atomic E-state index is 12.6. The molecule has 5 heteroatoms. The van der Waals surface area contributed by atoms with Crippen LogP contribution in [0.25, 0.3) is 0 Å². The van der Waals surface area contributed by atoms with Crippen molar-refractivity contribution < 1.29 is 14.3 Å². The lowest BCUT2D eigenvalue weighted by molar-refractivity contribution is 0.0626. The number of methoxy groups -OCH3 is 2. The number of anilines is 1. The lowest BCUT2D eigenvalue weighted by Crippen LogP contribution is -2.36. The van der Waals surface area contributed by atoms with E-state index < -0.39 is 0 Å². The molecule has 1 amide bonds. The molecule has 0 heterocycles. The zero-order valence-electron chi connectivity index (χ0n) is 12.7. The minimum absolute atomic E-state index is 0.0386. The summed E-state index contributed by atoms with van der Waals surface area (Å²) in [7, 11) is 3.24. The summed E-state index contributed by atoms with van der Waals surface area (Å²) in [5.41, 5.74) is 9.10. The molecular formula is C15H24N2O3. The van der Waals surface area contributed by atoms with Gasteiger partial charge in [0.05, 0.1) is 13.2 Å². The van der Waals surface area contributed by atoms with Crippen LogP contribution in [-0.2, 0) is 9.47 Å². The first kappa shape index (κ1) is 16.5. The van der Waals surface area contributed by atoms with Crippen LogP contribution in [0.2, 0.25) is 0 Å². The number of nitrogen functional groups attached to an aromatic ring is 1. The highest BCUT2D eigenvalue weighted by Gasteiger charge is 2.18. The molecule has 0 aromatic heterocycles. The molecule has 0 atom stereocenters. The first-order valence-corrected chi connectivity index (χ1v) is 6.65. The Hall–Kier alpha value is -1.59. The molecule has 1 aromatic carbocycles. The molecule has 1 aromatic rings. The van der Waals surface area contributed by atoms with Crippen molar-refractivity contribution in [1.82, 2.24) is 4.90 Å². The predicted octanol–water partition coefficient (Wildman–Crippen LogP) is 1.62. The smallest absolute Gasteiger partial charge is 0.254 e. The van der Waals surface area contributed by atoms with Crippen molar-refractivity contribution in [3.8, 4) is 0 Å². The Bertz CT molecular complexity index is 453. The molecule has 0 aliphatic rings. The topological polar surface area (TPSA) is 64.8 Å². The monoisotopic (exact) mass is 280 g/mol. The Morgan fingerprint density at radius 1 is 1.10 bits per heavy atom. The highest BCUT2D eigenvalue weighted by molar-refractivity contribution is 5.96. The van der Waals surface area contributed by atoms with E-state index >= 15 is 0 Å². The van der Waals surface area contributed by atoms with Crippen LogP contribution >= 0.6 is 0 Å². The molecule has 0 bridgehead atoms. The van der Waals surface area contributed by atoms with Crippen molar-refractivity contribution in [2.45, 2.75) is 13.8 Å². The molecule has 0 aliphatic heterocycles. The molecule has 20 heavy (non-hydrogen) atoms. The van der Waals surface area contributed by atoms with Gasteiger partial charge in [-0.2, -0.15) is 0 Å². The highest BCUT2D eigenvalue weighted by atomic mass is 16.5. The SMILES string of the molecule is COCCN(CCOC)C(=O)c1cc(N)c(C)cc1C. The molecule has 0 aliphatic carbocycles. The van der Waals surface area contributed by atoms with Gasteiger partial charge in [-0.25, -0.2) is 0 Å². The van der Waals surface area contributed by atoms with E-state index in [-0.39, 0.29) is 5.91 Å². The average molecular weight is 280 g/mol. The fourth-order valence-electron chi connectivity index (χ4n) is 1.99. The van der Waals surface area contributed by atoms with E-state index in [1.165, 1.54) is 0 Å². The van der Waals surface area contributed by atoms with Gasteiger partial charge in [-0.3, -0.25) is 4.79 Å². The van der Waals surface area contributed by atoms with Crippen molar-refractivity contribution in [3.63, 3.8) is 0 Å². The average Bonchev–Trinajstić information content (AvgIpc) is 2.42. The van der Waals surface area contributed by atoms with E-state index in [4.69, 9.17) is 15.2 Å². The van der Waals surface area contributed by atoms with Gasteiger partial charge in [-0.1, -0.05) is 6.07 Å². The zero-order valence-corrected chi connectivity index (χ0v) is 12.7. The first-order chi connectivity index (χ1) is 9.51. The quantitative estimate of drug-likeness (QED) is 0.771. The maximum Gasteiger partial charge on any atom is 0.254 e. The number of amides is 1. The highest BCUT2D eigenvalue weighted by Crippen LogP contribution is 2.19. The predicted molar refractivity (Wildman–Crippen MR) is 80.0 cm³/mol. The van der Waals surface area contributed by atoms with Crippen LogP contribution in [0.3, 0.4) is 0 Å². The lowest BCUT2D eigenvalue weighted by atomic mass is 10.0. The molecule has 1 rings (SSSR count). The molecule has 0 spiro atoms. The molecular weight excluding hydrogens is 256 g/mol. The number of rotatable bonds is 7. The number of hydrogen-bond donors (Lipinski definition) is 1. The van der Waals surface area contributed by atoms with Gasteiger partial charge in [0.2, 0.25) is 0 Å². The molecule has 0 saturated carbocycles. The fraction of sp³-hybridized carbons (Fsp3) is 0.533. The molecule has 0 radical (unpaired) electrons. The van der Waals surface area contributed by atoms with Gasteiger partial charge in [0, 0.05) is 38.6 Å². The third-order valence-corrected chi connectivity index (χ3v) is 3.26. The fourth-order valence-corrected chi connectivity index (χ4v) is 1.99. The van der Waals surface area contributed by atoms with Gasteiger partial charge in [0.1, 0.15) is 0 Å². The second-order valence-electron chi connectivity index (χ2n) is 4.80. The number of carbonyl (C=O) groups excluding carboxylic acids is 1. The second kappa shape index (κ2) is 7.87. The number of hydrogen-bond acceptors (Lipinski definition) is 4. The number of nitrogens with two attached hydrogens (primary N) is 1. The minimum atomic E-state index is -0.0386. The van der Waals surface area contributed by atoms with E-state index in [9.17, 15) is 4.79 Å². The summed E-state index contributed by atoms with van der Waals surface area (Å²) in [6.07, 6.45) is 0. The van der Waals surface area contributed by atoms with Crippen LogP contribution in [0.4, 0.5) is 5.69 Å². The molecule has 0 saturated heterocycles. The Morgan fingerprint density at radius 3 is 2.15 bits per heavy atom. The zero-order chi connectivity index (χ0) is 15.1. The lowest BCUT2D eigenvalue weighted by Gasteiger charge is -2.23. The molecule has 5 nitrogen and oxygen atoms in total. The van der Waals surface area contributed by atoms with E-state index in [0.29, 0.717) is 37.6 Å². The van der Waals surface area contributed by atoms with Crippen molar-refractivity contribution in [2.75, 3.05) is 46.3 Å². The van der Waals surface area contributed by atoms with Gasteiger partial charge < -0.3 is 20.1 Å². The van der Waals surface area contributed by atoms with Crippen LogP contribution < -0.4 is 5.73 Å². The molecule has 0 fully saturated rings. The van der Waals surface area contributed by atoms with Gasteiger partial charge in [0.15, 0.2) is 0 Å². The number of carbonyl (C=O) groups is 1. The standard InChI is InChI=1S/C15H24N2O3/c1-11-9-12(2)14(16)10-13(11)15(18)17(5-7-19-3)6-8-20-4/h9-10H,5-8,16H2,1-4H3. The van der Waals surface area contributed by atoms with Gasteiger partial charge in [0.25, 0.3) is 5.91 Å². The van der Waals surface area contributed by atoms with Crippen molar-refractivity contribution >= 4 is 11.6 Å². The van der Waals surface area contributed by atoms with Crippen LogP contribution in [0.1, 0.15) is 21.5 Å². The third kappa shape index (κ3) is 4.21. The summed E-state index contributed by atoms with van der Waals surface area (Å²) in [6, 6.07) is 3.69. The molecule has 112 valence electrons. The number of aryl methyl sites for hydroxylation is 2. The third-order valence-electron chi connectivity index (χ3n) is 3.26. The Labute approximate surface area is 120 Å². The number of nitrogens with zero attached hydrogens (tertiary/aromatic N) is 1. The summed E-state index contributed by atoms with van der Waals surface area (Å²) in [5, 5.41) is 0. The summed E-state index contributed by atoms with van der Waals surface area (Å²) < 4.78 is 10.1. The minimum Gasteiger partial charge on any atom is -0.398 e. The number of benzene rings is 1. The van der Waals surface area contributed by atoms with Crippen molar-refractivity contribution in [1.29, 1.82) is 0 Å². The summed E-state index contributed by atoms with van der Waals surface area (Å²) >= 11 is 0. The summed E-state index contributed by atoms with van der Waals surface area (Å²) in [5.74, 6) is -0.0386. The van der Waals surface area contributed by atoms with Crippen molar-refractivity contribution in [2.24, 2.45) is 0 Å². The number of ether oxygens (including phenoxy) is 2. The van der Waals surface area contributed by atoms with Gasteiger partial charge >= 0.3 is 0 Å². The van der Waals surface area contributed by atoms with Crippen LogP contribution in [0.5, 0.6) is 0 Å². The van der Waals surface area contributed by atoms with E-state index in [2.05, 4.69) is 0 Å². The Morgan fingerprint density at radius 2 is 1.65 bits per heavy atom. The van der Waals surface area contributed by atoms with Crippen LogP contribution in [0, 0.1) is 13.8 Å². The van der Waals surface area contributed by atoms with Crippen LogP contribution in [0.15, 0.2) is 12.1 Å². The molecule has 0 unspecified atom stereocenters. The van der Waals surface area contributed by atoms with E-state index in [0.717, 1.165) is 11.1 Å². The first-order valence-electron chi connectivity index (χ1n) is 6.65. The largest absolute Gasteiger partial charge is 0.398 e. The van der Waals surface area contributed by atoms with E-state index in [1.807, 2.05) is 19.9 Å². The maximum atomic E-state index is 12.6.